The van der Waals surface area contributed by atoms with E-state index in [1.54, 1.807) is 13.1 Å². The van der Waals surface area contributed by atoms with Crippen LogP contribution in [0.2, 0.25) is 0 Å². The first-order valence-corrected chi connectivity index (χ1v) is 9.42. The summed E-state index contributed by atoms with van der Waals surface area (Å²) in [5.41, 5.74) is 0.500. The minimum absolute atomic E-state index is 0.0257. The fraction of sp³-hybridized carbons (Fsp3) is 0.579. The van der Waals surface area contributed by atoms with Crippen molar-refractivity contribution >= 4 is 11.9 Å². The van der Waals surface area contributed by atoms with E-state index < -0.39 is 6.61 Å². The van der Waals surface area contributed by atoms with E-state index in [1.807, 2.05) is 0 Å². The Bertz CT molecular complexity index is 701. The highest BCUT2D eigenvalue weighted by Gasteiger charge is 2.20. The number of hydrogen-bond donors (Lipinski definition) is 2. The number of benzene rings is 1. The second kappa shape index (κ2) is 11.9. The van der Waals surface area contributed by atoms with E-state index in [0.717, 1.165) is 25.7 Å². The molecule has 29 heavy (non-hydrogen) atoms. The third kappa shape index (κ3) is 7.63. The Hall–Kier alpha value is -2.78. The van der Waals surface area contributed by atoms with E-state index in [2.05, 4.69) is 25.1 Å². The Morgan fingerprint density at radius 2 is 1.90 bits per heavy atom. The molecule has 162 valence electrons. The van der Waals surface area contributed by atoms with Gasteiger partial charge in [0.25, 0.3) is 0 Å². The number of esters is 1. The van der Waals surface area contributed by atoms with Crippen LogP contribution in [-0.4, -0.2) is 46.0 Å². The van der Waals surface area contributed by atoms with Gasteiger partial charge in [-0.25, -0.2) is 0 Å². The van der Waals surface area contributed by atoms with Gasteiger partial charge in [-0.2, -0.15) is 8.78 Å². The van der Waals surface area contributed by atoms with Crippen molar-refractivity contribution in [1.29, 1.82) is 0 Å². The number of carbonyl (C=O) groups is 1. The summed E-state index contributed by atoms with van der Waals surface area (Å²) >= 11 is 0. The van der Waals surface area contributed by atoms with Gasteiger partial charge in [0, 0.05) is 38.2 Å². The molecule has 0 atom stereocenters. The Labute approximate surface area is 168 Å². The molecule has 1 aliphatic heterocycles. The molecule has 8 nitrogen and oxygen atoms in total. The number of unbranched alkanes of at least 4 members (excludes halogenated alkanes) is 3. The summed E-state index contributed by atoms with van der Waals surface area (Å²) in [5.74, 6) is 1.24. The third-order valence-electron chi connectivity index (χ3n) is 4.27. The highest BCUT2D eigenvalue weighted by atomic mass is 19.3. The molecule has 2 rings (SSSR count). The molecule has 1 heterocycles. The lowest BCUT2D eigenvalue weighted by molar-refractivity contribution is -0.140. The first-order valence-electron chi connectivity index (χ1n) is 9.42. The number of halogens is 2. The van der Waals surface area contributed by atoms with Gasteiger partial charge >= 0.3 is 12.6 Å². The Balaban J connectivity index is 1.76. The minimum Gasteiger partial charge on any atom is -0.469 e. The van der Waals surface area contributed by atoms with Crippen LogP contribution >= 0.6 is 0 Å². The van der Waals surface area contributed by atoms with Crippen LogP contribution in [0, 0.1) is 0 Å². The normalized spacial score (nSPS) is 12.8. The Kier molecular flexibility index (Phi) is 9.26. The quantitative estimate of drug-likeness (QED) is 0.249. The predicted octanol–water partition coefficient (Wildman–Crippen LogP) is 2.81. The molecule has 10 heteroatoms. The molecule has 0 unspecified atom stereocenters. The van der Waals surface area contributed by atoms with Gasteiger partial charge in [-0.1, -0.05) is 12.8 Å². The zero-order valence-electron chi connectivity index (χ0n) is 16.6. The Morgan fingerprint density at radius 1 is 1.17 bits per heavy atom. The predicted molar refractivity (Wildman–Crippen MR) is 102 cm³/mol. The van der Waals surface area contributed by atoms with E-state index in [1.165, 1.54) is 13.2 Å². The summed E-state index contributed by atoms with van der Waals surface area (Å²) in [7, 11) is 3.01. The molecule has 0 bridgehead atoms. The molecule has 2 N–H and O–H groups in total. The van der Waals surface area contributed by atoms with Gasteiger partial charge in [0.1, 0.15) is 5.75 Å². The van der Waals surface area contributed by atoms with Gasteiger partial charge in [0.05, 0.1) is 7.11 Å². The van der Waals surface area contributed by atoms with Crippen LogP contribution in [0.15, 0.2) is 17.1 Å². The fourth-order valence-corrected chi connectivity index (χ4v) is 2.77. The summed E-state index contributed by atoms with van der Waals surface area (Å²) in [6.07, 6.45) is 4.05. The van der Waals surface area contributed by atoms with Gasteiger partial charge in [0.15, 0.2) is 17.5 Å². The van der Waals surface area contributed by atoms with Crippen molar-refractivity contribution in [2.24, 2.45) is 4.99 Å². The first kappa shape index (κ1) is 22.5. The average Bonchev–Trinajstić information content (AvgIpc) is 3.15. The second-order valence-electron chi connectivity index (χ2n) is 6.28. The van der Waals surface area contributed by atoms with Crippen LogP contribution in [0.1, 0.15) is 37.7 Å². The number of alkyl halides is 2. The molecule has 0 saturated carbocycles. The van der Waals surface area contributed by atoms with Gasteiger partial charge < -0.3 is 29.6 Å². The van der Waals surface area contributed by atoms with Crippen LogP contribution in [0.3, 0.4) is 0 Å². The molecule has 0 radical (unpaired) electrons. The van der Waals surface area contributed by atoms with E-state index in [0.29, 0.717) is 36.0 Å². The zero-order chi connectivity index (χ0) is 21.1. The number of ether oxygens (including phenoxy) is 4. The maximum Gasteiger partial charge on any atom is 0.387 e. The van der Waals surface area contributed by atoms with Crippen molar-refractivity contribution in [3.8, 4) is 17.2 Å². The monoisotopic (exact) mass is 415 g/mol. The summed E-state index contributed by atoms with van der Waals surface area (Å²) in [5, 5.41) is 6.24. The molecule has 1 aromatic rings. The molecule has 0 fully saturated rings. The van der Waals surface area contributed by atoms with Gasteiger partial charge in [-0.05, 0) is 18.9 Å². The van der Waals surface area contributed by atoms with Crippen molar-refractivity contribution in [2.45, 2.75) is 45.3 Å². The van der Waals surface area contributed by atoms with E-state index in [-0.39, 0.29) is 25.1 Å². The van der Waals surface area contributed by atoms with E-state index in [9.17, 15) is 13.6 Å². The maximum absolute atomic E-state index is 12.7. The van der Waals surface area contributed by atoms with Crippen molar-refractivity contribution in [3.05, 3.63) is 17.7 Å². The minimum atomic E-state index is -2.94. The number of carbonyl (C=O) groups excluding carboxylic acids is 1. The number of rotatable bonds is 11. The number of fused-ring (bicyclic) bond motifs is 1. The molecule has 0 saturated heterocycles. The third-order valence-corrected chi connectivity index (χ3v) is 4.27. The number of methoxy groups -OCH3 is 1. The highest BCUT2D eigenvalue weighted by Crippen LogP contribution is 2.38. The molecule has 0 spiro atoms. The molecular weight excluding hydrogens is 388 g/mol. The van der Waals surface area contributed by atoms with Gasteiger partial charge in [-0.3, -0.25) is 9.79 Å². The van der Waals surface area contributed by atoms with Gasteiger partial charge in [0.2, 0.25) is 6.79 Å². The molecule has 1 aromatic carbocycles. The lowest BCUT2D eigenvalue weighted by Gasteiger charge is -2.15. The van der Waals surface area contributed by atoms with Gasteiger partial charge in [-0.15, -0.1) is 0 Å². The number of nitrogens with one attached hydrogen (secondary N) is 2. The molecular formula is C19H27F2N3O5. The summed E-state index contributed by atoms with van der Waals surface area (Å²) in [6, 6.07) is 3.01. The number of aliphatic imine (C=N–C) groups is 1. The summed E-state index contributed by atoms with van der Waals surface area (Å²) < 4.78 is 45.1. The number of guanidine groups is 1. The van der Waals surface area contributed by atoms with Crippen molar-refractivity contribution in [1.82, 2.24) is 10.6 Å². The molecule has 0 aromatic heterocycles. The SMILES string of the molecule is CN=C(NCCCCCCC(=O)OC)NCc1cc2c(cc1OC(F)F)OCO2. The molecule has 0 amide bonds. The summed E-state index contributed by atoms with van der Waals surface area (Å²) in [6.45, 7) is -1.98. The fourth-order valence-electron chi connectivity index (χ4n) is 2.77. The molecule has 0 aliphatic carbocycles. The standard InChI is InChI=1S/C19H27F2N3O5/c1-22-19(23-8-6-4-3-5-7-17(25)26-2)24-11-13-9-15-16(28-12-27-15)10-14(13)29-18(20)21/h9-10,18H,3-8,11-12H2,1-2H3,(H2,22,23,24). The topological polar surface area (TPSA) is 90.4 Å². The van der Waals surface area contributed by atoms with Crippen LogP contribution in [0.5, 0.6) is 17.2 Å². The Morgan fingerprint density at radius 3 is 2.59 bits per heavy atom. The number of nitrogens with zero attached hydrogens (tertiary/aromatic N) is 1. The maximum atomic E-state index is 12.7. The van der Waals surface area contributed by atoms with Crippen molar-refractivity contribution < 1.29 is 32.5 Å². The first-order chi connectivity index (χ1) is 14.0. The lowest BCUT2D eigenvalue weighted by atomic mass is 10.1. The lowest BCUT2D eigenvalue weighted by Crippen LogP contribution is -2.37. The van der Waals surface area contributed by atoms with Crippen molar-refractivity contribution in [3.63, 3.8) is 0 Å². The van der Waals surface area contributed by atoms with E-state index in [4.69, 9.17) is 9.47 Å². The molecule has 1 aliphatic rings. The van der Waals surface area contributed by atoms with Crippen LogP contribution < -0.4 is 24.8 Å². The van der Waals surface area contributed by atoms with Crippen LogP contribution in [0.25, 0.3) is 0 Å². The summed E-state index contributed by atoms with van der Waals surface area (Å²) in [4.78, 5) is 15.2. The largest absolute Gasteiger partial charge is 0.469 e. The van der Waals surface area contributed by atoms with Crippen molar-refractivity contribution in [2.75, 3.05) is 27.5 Å². The number of hydrogen-bond acceptors (Lipinski definition) is 6. The smallest absolute Gasteiger partial charge is 0.387 e. The van der Waals surface area contributed by atoms with E-state index >= 15 is 0 Å². The highest BCUT2D eigenvalue weighted by molar-refractivity contribution is 5.79. The van der Waals surface area contributed by atoms with Crippen LogP contribution in [-0.2, 0) is 16.1 Å². The second-order valence-corrected chi connectivity index (χ2v) is 6.28. The zero-order valence-corrected chi connectivity index (χ0v) is 16.6. The average molecular weight is 415 g/mol. The van der Waals surface area contributed by atoms with Crippen LogP contribution in [0.4, 0.5) is 8.78 Å².